The average Bonchev–Trinajstić information content (AvgIpc) is 2.75. The lowest BCUT2D eigenvalue weighted by Crippen LogP contribution is -2.34. The zero-order valence-electron chi connectivity index (χ0n) is 10.5. The Hall–Kier alpha value is -0.470. The van der Waals surface area contributed by atoms with E-state index in [0.29, 0.717) is 6.04 Å². The third-order valence-electron chi connectivity index (χ3n) is 4.10. The normalized spacial score (nSPS) is 32.4. The highest BCUT2D eigenvalue weighted by Gasteiger charge is 2.26. The standard InChI is InChI=1S/C15H21NS/c1-11-6-7-13(8-11)16-15-10-17-9-12-4-2-3-5-14(12)15/h2-5,11,13,15-16H,6-10H2,1H3. The number of hydrogen-bond acceptors (Lipinski definition) is 2. The Morgan fingerprint density at radius 2 is 2.12 bits per heavy atom. The van der Waals surface area contributed by atoms with E-state index in [1.807, 2.05) is 0 Å². The molecule has 0 saturated heterocycles. The molecule has 0 bridgehead atoms. The predicted molar refractivity (Wildman–Crippen MR) is 75.3 cm³/mol. The SMILES string of the molecule is CC1CCC(NC2CSCc3ccccc32)C1. The van der Waals surface area contributed by atoms with Crippen LogP contribution in [0.4, 0.5) is 0 Å². The summed E-state index contributed by atoms with van der Waals surface area (Å²) >= 11 is 2.07. The van der Waals surface area contributed by atoms with Crippen LogP contribution in [0, 0.1) is 5.92 Å². The second-order valence-electron chi connectivity index (χ2n) is 5.55. The summed E-state index contributed by atoms with van der Waals surface area (Å²) in [6.07, 6.45) is 4.13. The maximum atomic E-state index is 3.88. The van der Waals surface area contributed by atoms with E-state index in [2.05, 4.69) is 48.3 Å². The maximum Gasteiger partial charge on any atom is 0.0417 e. The molecular formula is C15H21NS. The van der Waals surface area contributed by atoms with Gasteiger partial charge in [-0.15, -0.1) is 0 Å². The van der Waals surface area contributed by atoms with Gasteiger partial charge in [-0.3, -0.25) is 0 Å². The minimum Gasteiger partial charge on any atom is -0.306 e. The third kappa shape index (κ3) is 2.53. The van der Waals surface area contributed by atoms with Gasteiger partial charge in [-0.2, -0.15) is 11.8 Å². The fourth-order valence-electron chi connectivity index (χ4n) is 3.16. The van der Waals surface area contributed by atoms with Crippen LogP contribution in [-0.2, 0) is 5.75 Å². The lowest BCUT2D eigenvalue weighted by atomic mass is 10.0. The van der Waals surface area contributed by atoms with Crippen molar-refractivity contribution in [1.82, 2.24) is 5.32 Å². The van der Waals surface area contributed by atoms with Gasteiger partial charge < -0.3 is 5.32 Å². The van der Waals surface area contributed by atoms with E-state index in [1.54, 1.807) is 5.56 Å². The van der Waals surface area contributed by atoms with Crippen molar-refractivity contribution in [3.63, 3.8) is 0 Å². The minimum atomic E-state index is 0.584. The van der Waals surface area contributed by atoms with Crippen LogP contribution in [0.25, 0.3) is 0 Å². The minimum absolute atomic E-state index is 0.584. The molecule has 1 aliphatic carbocycles. The van der Waals surface area contributed by atoms with Gasteiger partial charge in [0.1, 0.15) is 0 Å². The van der Waals surface area contributed by atoms with Crippen molar-refractivity contribution in [3.8, 4) is 0 Å². The first kappa shape index (κ1) is 11.6. The lowest BCUT2D eigenvalue weighted by molar-refractivity contribution is 0.450. The van der Waals surface area contributed by atoms with Crippen LogP contribution >= 0.6 is 11.8 Å². The van der Waals surface area contributed by atoms with Crippen LogP contribution in [0.1, 0.15) is 43.4 Å². The number of hydrogen-bond donors (Lipinski definition) is 1. The van der Waals surface area contributed by atoms with Gasteiger partial charge in [-0.05, 0) is 36.3 Å². The van der Waals surface area contributed by atoms with Crippen LogP contribution in [0.15, 0.2) is 24.3 Å². The molecule has 0 radical (unpaired) electrons. The van der Waals surface area contributed by atoms with E-state index in [1.165, 1.54) is 36.3 Å². The molecule has 0 spiro atoms. The van der Waals surface area contributed by atoms with Crippen molar-refractivity contribution >= 4 is 11.8 Å². The van der Waals surface area contributed by atoms with Gasteiger partial charge in [0.05, 0.1) is 0 Å². The Bertz CT molecular complexity index is 390. The lowest BCUT2D eigenvalue weighted by Gasteiger charge is -2.29. The Morgan fingerprint density at radius 1 is 1.24 bits per heavy atom. The molecule has 2 aliphatic rings. The monoisotopic (exact) mass is 247 g/mol. The zero-order chi connectivity index (χ0) is 11.7. The second kappa shape index (κ2) is 5.03. The largest absolute Gasteiger partial charge is 0.306 e. The van der Waals surface area contributed by atoms with Crippen LogP contribution in [0.2, 0.25) is 0 Å². The first-order chi connectivity index (χ1) is 8.33. The summed E-state index contributed by atoms with van der Waals surface area (Å²) in [5.74, 6) is 3.34. The molecule has 1 heterocycles. The van der Waals surface area contributed by atoms with Crippen LogP contribution in [0.3, 0.4) is 0 Å². The summed E-state index contributed by atoms with van der Waals surface area (Å²) in [5, 5.41) is 3.88. The molecule has 1 aliphatic heterocycles. The molecule has 1 aromatic carbocycles. The molecule has 3 atom stereocenters. The summed E-state index contributed by atoms with van der Waals surface area (Å²) in [4.78, 5) is 0. The van der Waals surface area contributed by atoms with Gasteiger partial charge >= 0.3 is 0 Å². The van der Waals surface area contributed by atoms with E-state index in [-0.39, 0.29) is 0 Å². The van der Waals surface area contributed by atoms with E-state index < -0.39 is 0 Å². The Morgan fingerprint density at radius 3 is 2.94 bits per heavy atom. The van der Waals surface area contributed by atoms with Gasteiger partial charge in [-0.25, -0.2) is 0 Å². The summed E-state index contributed by atoms with van der Waals surface area (Å²) in [7, 11) is 0. The number of rotatable bonds is 2. The Labute approximate surface area is 108 Å². The highest BCUT2D eigenvalue weighted by molar-refractivity contribution is 7.98. The molecule has 2 heteroatoms. The molecule has 3 unspecified atom stereocenters. The molecule has 1 saturated carbocycles. The molecule has 3 rings (SSSR count). The van der Waals surface area contributed by atoms with E-state index in [9.17, 15) is 0 Å². The molecule has 0 amide bonds. The van der Waals surface area contributed by atoms with Crippen molar-refractivity contribution in [2.45, 2.75) is 44.0 Å². The highest BCUT2D eigenvalue weighted by Crippen LogP contribution is 2.34. The van der Waals surface area contributed by atoms with Crippen molar-refractivity contribution in [3.05, 3.63) is 35.4 Å². The molecule has 1 nitrogen and oxygen atoms in total. The summed E-state index contributed by atoms with van der Waals surface area (Å²) in [6, 6.07) is 10.3. The fourth-order valence-corrected chi connectivity index (χ4v) is 4.28. The van der Waals surface area contributed by atoms with Crippen molar-refractivity contribution in [1.29, 1.82) is 0 Å². The molecule has 0 aromatic heterocycles. The van der Waals surface area contributed by atoms with Crippen LogP contribution in [-0.4, -0.2) is 11.8 Å². The number of fused-ring (bicyclic) bond motifs is 1. The Kier molecular flexibility index (Phi) is 3.44. The smallest absolute Gasteiger partial charge is 0.0417 e. The number of thioether (sulfide) groups is 1. The summed E-state index contributed by atoms with van der Waals surface area (Å²) in [5.41, 5.74) is 3.08. The molecule has 1 N–H and O–H groups in total. The first-order valence-electron chi connectivity index (χ1n) is 6.74. The number of benzene rings is 1. The predicted octanol–water partition coefficient (Wildman–Crippen LogP) is 3.75. The summed E-state index contributed by atoms with van der Waals surface area (Å²) in [6.45, 7) is 2.38. The van der Waals surface area contributed by atoms with Crippen molar-refractivity contribution in [2.75, 3.05) is 5.75 Å². The van der Waals surface area contributed by atoms with Gasteiger partial charge in [0.2, 0.25) is 0 Å². The van der Waals surface area contributed by atoms with Gasteiger partial charge in [0.15, 0.2) is 0 Å². The van der Waals surface area contributed by atoms with Gasteiger partial charge in [0.25, 0.3) is 0 Å². The molecule has 92 valence electrons. The molecule has 1 fully saturated rings. The van der Waals surface area contributed by atoms with Crippen molar-refractivity contribution in [2.24, 2.45) is 5.92 Å². The first-order valence-corrected chi connectivity index (χ1v) is 7.90. The highest BCUT2D eigenvalue weighted by atomic mass is 32.2. The molecule has 1 aromatic rings. The fraction of sp³-hybridized carbons (Fsp3) is 0.600. The number of nitrogens with one attached hydrogen (secondary N) is 1. The van der Waals surface area contributed by atoms with E-state index >= 15 is 0 Å². The topological polar surface area (TPSA) is 12.0 Å². The average molecular weight is 247 g/mol. The van der Waals surface area contributed by atoms with Gasteiger partial charge in [-0.1, -0.05) is 31.2 Å². The zero-order valence-corrected chi connectivity index (χ0v) is 11.3. The van der Waals surface area contributed by atoms with Gasteiger partial charge in [0, 0.05) is 23.6 Å². The van der Waals surface area contributed by atoms with E-state index in [4.69, 9.17) is 0 Å². The molecular weight excluding hydrogens is 226 g/mol. The maximum absolute atomic E-state index is 3.88. The second-order valence-corrected chi connectivity index (χ2v) is 6.58. The quantitative estimate of drug-likeness (QED) is 0.854. The third-order valence-corrected chi connectivity index (χ3v) is 5.19. The Balaban J connectivity index is 1.72. The molecule has 17 heavy (non-hydrogen) atoms. The summed E-state index contributed by atoms with van der Waals surface area (Å²) < 4.78 is 0. The van der Waals surface area contributed by atoms with E-state index in [0.717, 1.165) is 12.0 Å². The van der Waals surface area contributed by atoms with Crippen LogP contribution in [0.5, 0.6) is 0 Å². The van der Waals surface area contributed by atoms with Crippen molar-refractivity contribution < 1.29 is 0 Å². The van der Waals surface area contributed by atoms with Crippen LogP contribution < -0.4 is 5.32 Å².